The van der Waals surface area contributed by atoms with E-state index < -0.39 is 17.6 Å². The van der Waals surface area contributed by atoms with Crippen molar-refractivity contribution >= 4 is 61.9 Å². The summed E-state index contributed by atoms with van der Waals surface area (Å²) < 4.78 is 41.6. The van der Waals surface area contributed by atoms with Crippen molar-refractivity contribution in [3.8, 4) is 0 Å². The number of allylic oxidation sites excluding steroid dienone is 1. The Bertz CT molecular complexity index is 1230. The Morgan fingerprint density at radius 2 is 2.03 bits per heavy atom. The van der Waals surface area contributed by atoms with Crippen molar-refractivity contribution in [2.75, 3.05) is 5.75 Å². The number of aliphatic imine (C=N–C) groups is 1. The highest BCUT2D eigenvalue weighted by Crippen LogP contribution is 2.41. The molecule has 2 aromatic carbocycles. The van der Waals surface area contributed by atoms with Crippen LogP contribution in [0.2, 0.25) is 5.02 Å². The first kappa shape index (κ1) is 22.0. The van der Waals surface area contributed by atoms with Gasteiger partial charge in [0.2, 0.25) is 0 Å². The number of aromatic nitrogens is 2. The van der Waals surface area contributed by atoms with E-state index in [-0.39, 0.29) is 17.0 Å². The van der Waals surface area contributed by atoms with Gasteiger partial charge in [0.25, 0.3) is 5.91 Å². The highest BCUT2D eigenvalue weighted by atomic mass is 35.5. The Morgan fingerprint density at radius 3 is 2.77 bits per heavy atom. The Labute approximate surface area is 189 Å². The first-order valence-electron chi connectivity index (χ1n) is 9.22. The predicted octanol–water partition coefficient (Wildman–Crippen LogP) is 6.57. The average molecular weight is 482 g/mol. The van der Waals surface area contributed by atoms with Crippen molar-refractivity contribution in [2.45, 2.75) is 19.5 Å². The number of nitrogens with zero attached hydrogens (tertiary/aromatic N) is 2. The summed E-state index contributed by atoms with van der Waals surface area (Å²) in [5.74, 6) is 0.295. The highest BCUT2D eigenvalue weighted by molar-refractivity contribution is 8.41. The van der Waals surface area contributed by atoms with Crippen LogP contribution in [0.4, 0.5) is 13.2 Å². The number of halogens is 4. The molecule has 4 rings (SSSR count). The summed E-state index contributed by atoms with van der Waals surface area (Å²) in [6.45, 7) is 1.94. The van der Waals surface area contributed by atoms with E-state index in [1.807, 2.05) is 13.0 Å². The van der Waals surface area contributed by atoms with Crippen molar-refractivity contribution in [2.24, 2.45) is 4.99 Å². The third-order valence-electron chi connectivity index (χ3n) is 4.65. The van der Waals surface area contributed by atoms with Gasteiger partial charge < -0.3 is 0 Å². The molecule has 2 heterocycles. The minimum Gasteiger partial charge on any atom is -0.278 e. The van der Waals surface area contributed by atoms with Gasteiger partial charge in [-0.1, -0.05) is 54.2 Å². The van der Waals surface area contributed by atoms with E-state index in [1.165, 1.54) is 35.7 Å². The second-order valence-corrected chi connectivity index (χ2v) is 9.62. The summed E-state index contributed by atoms with van der Waals surface area (Å²) in [6, 6.07) is 9.06. The van der Waals surface area contributed by atoms with Crippen LogP contribution in [0.15, 0.2) is 52.5 Å². The third-order valence-corrected chi connectivity index (χ3v) is 7.01. The molecule has 4 nitrogen and oxygen atoms in total. The monoisotopic (exact) mass is 481 g/mol. The number of nitrogens with one attached hydrogen (secondary N) is 1. The lowest BCUT2D eigenvalue weighted by atomic mass is 9.93. The number of amides is 1. The molecule has 0 bridgehead atoms. The van der Waals surface area contributed by atoms with Crippen molar-refractivity contribution in [3.63, 3.8) is 0 Å². The Morgan fingerprint density at radius 1 is 1.23 bits per heavy atom. The van der Waals surface area contributed by atoms with E-state index in [1.54, 1.807) is 18.3 Å². The van der Waals surface area contributed by atoms with E-state index in [0.717, 1.165) is 22.7 Å². The maximum absolute atomic E-state index is 13.7. The molecule has 0 aliphatic carbocycles. The number of aromatic amines is 1. The Kier molecular flexibility index (Phi) is 6.18. The van der Waals surface area contributed by atoms with E-state index in [4.69, 9.17) is 11.6 Å². The Hall–Kier alpha value is -2.23. The first-order valence-corrected chi connectivity index (χ1v) is 11.4. The first-order chi connectivity index (χ1) is 14.8. The summed E-state index contributed by atoms with van der Waals surface area (Å²) in [5.41, 5.74) is 1.14. The quantitative estimate of drug-likeness (QED) is 0.428. The normalized spacial score (nSPS) is 16.2. The van der Waals surface area contributed by atoms with Crippen LogP contribution in [0.3, 0.4) is 0 Å². The number of alkyl halides is 3. The SMILES string of the molecule is CCSC1=NC(=O)C(=C(Cc2ccc(Cl)cc2C(F)(F)F)c2ccc3[nH]ncc3c2)S1. The smallest absolute Gasteiger partial charge is 0.278 e. The second-order valence-electron chi connectivity index (χ2n) is 6.67. The molecular weight excluding hydrogens is 467 g/mol. The van der Waals surface area contributed by atoms with Crippen LogP contribution < -0.4 is 0 Å². The maximum Gasteiger partial charge on any atom is 0.416 e. The van der Waals surface area contributed by atoms with Gasteiger partial charge in [0.15, 0.2) is 0 Å². The lowest BCUT2D eigenvalue weighted by Crippen LogP contribution is -2.10. The maximum atomic E-state index is 13.7. The molecule has 0 fully saturated rings. The number of carbonyl (C=O) groups excluding carboxylic acids is 1. The number of rotatable bonds is 4. The summed E-state index contributed by atoms with van der Waals surface area (Å²) in [4.78, 5) is 17.1. The summed E-state index contributed by atoms with van der Waals surface area (Å²) in [6.07, 6.45) is -3.04. The molecule has 3 aromatic rings. The molecule has 0 unspecified atom stereocenters. The molecule has 1 aromatic heterocycles. The molecule has 0 saturated carbocycles. The van der Waals surface area contributed by atoms with Crippen LogP contribution in [0.5, 0.6) is 0 Å². The molecule has 0 spiro atoms. The standard InChI is InChI=1S/C21H15ClF3N3OS2/c1-2-30-20-27-19(29)18(31-20)15(11-4-6-17-13(7-11)10-26-28-17)8-12-3-5-14(22)9-16(12)21(23,24)25/h3-7,9-10H,2,8H2,1H3,(H,26,28). The minimum atomic E-state index is -4.57. The van der Waals surface area contributed by atoms with Crippen LogP contribution >= 0.6 is 35.1 Å². The molecule has 1 aliphatic heterocycles. The van der Waals surface area contributed by atoms with Gasteiger partial charge in [-0.15, -0.1) is 0 Å². The molecule has 10 heteroatoms. The second kappa shape index (κ2) is 8.72. The van der Waals surface area contributed by atoms with E-state index in [0.29, 0.717) is 20.4 Å². The number of thioether (sulfide) groups is 2. The van der Waals surface area contributed by atoms with Crippen LogP contribution in [-0.2, 0) is 17.4 Å². The fourth-order valence-corrected chi connectivity index (χ4v) is 5.42. The molecule has 160 valence electrons. The number of H-pyrrole nitrogens is 1. The van der Waals surface area contributed by atoms with Crippen LogP contribution in [0.1, 0.15) is 23.6 Å². The van der Waals surface area contributed by atoms with Gasteiger partial charge in [-0.05, 0) is 53.1 Å². The molecule has 1 N–H and O–H groups in total. The number of fused-ring (bicyclic) bond motifs is 1. The van der Waals surface area contributed by atoms with Gasteiger partial charge in [0.05, 0.1) is 22.2 Å². The average Bonchev–Trinajstić information content (AvgIpc) is 3.32. The van der Waals surface area contributed by atoms with Crippen LogP contribution in [-0.4, -0.2) is 26.2 Å². The topological polar surface area (TPSA) is 58.1 Å². The molecule has 0 radical (unpaired) electrons. The zero-order valence-corrected chi connectivity index (χ0v) is 18.5. The van der Waals surface area contributed by atoms with E-state index >= 15 is 0 Å². The van der Waals surface area contributed by atoms with Crippen LogP contribution in [0.25, 0.3) is 16.5 Å². The zero-order valence-electron chi connectivity index (χ0n) is 16.1. The van der Waals surface area contributed by atoms with Gasteiger partial charge in [-0.25, -0.2) is 0 Å². The number of carbonyl (C=O) groups is 1. The fraction of sp³-hybridized carbons (Fsp3) is 0.190. The molecule has 31 heavy (non-hydrogen) atoms. The largest absolute Gasteiger partial charge is 0.416 e. The highest BCUT2D eigenvalue weighted by Gasteiger charge is 2.35. The van der Waals surface area contributed by atoms with Crippen molar-refractivity contribution < 1.29 is 18.0 Å². The predicted molar refractivity (Wildman–Crippen MR) is 121 cm³/mol. The summed E-state index contributed by atoms with van der Waals surface area (Å²) in [7, 11) is 0. The molecule has 1 aliphatic rings. The number of benzene rings is 2. The molecule has 1 amide bonds. The van der Waals surface area contributed by atoms with Gasteiger partial charge in [0.1, 0.15) is 4.38 Å². The molecule has 0 saturated heterocycles. The minimum absolute atomic E-state index is 0.00128. The van der Waals surface area contributed by atoms with Crippen LogP contribution in [0, 0.1) is 0 Å². The van der Waals surface area contributed by atoms with Crippen molar-refractivity contribution in [3.05, 3.63) is 69.2 Å². The summed E-state index contributed by atoms with van der Waals surface area (Å²) >= 11 is 8.46. The Balaban J connectivity index is 1.85. The van der Waals surface area contributed by atoms with E-state index in [9.17, 15) is 18.0 Å². The lowest BCUT2D eigenvalue weighted by Gasteiger charge is -2.16. The van der Waals surface area contributed by atoms with Gasteiger partial charge in [-0.3, -0.25) is 9.89 Å². The zero-order chi connectivity index (χ0) is 22.2. The number of hydrogen-bond acceptors (Lipinski definition) is 4. The third kappa shape index (κ3) is 4.68. The number of hydrogen-bond donors (Lipinski definition) is 1. The van der Waals surface area contributed by atoms with Gasteiger partial charge in [0, 0.05) is 10.4 Å². The summed E-state index contributed by atoms with van der Waals surface area (Å²) in [5, 5.41) is 7.63. The molecular formula is C21H15ClF3N3OS2. The van der Waals surface area contributed by atoms with Gasteiger partial charge in [-0.2, -0.15) is 23.3 Å². The lowest BCUT2D eigenvalue weighted by molar-refractivity contribution is -0.138. The van der Waals surface area contributed by atoms with E-state index in [2.05, 4.69) is 15.2 Å². The molecule has 0 atom stereocenters. The fourth-order valence-electron chi connectivity index (χ4n) is 3.26. The van der Waals surface area contributed by atoms with Gasteiger partial charge >= 0.3 is 6.18 Å². The van der Waals surface area contributed by atoms with Crippen molar-refractivity contribution in [1.82, 2.24) is 10.2 Å². The van der Waals surface area contributed by atoms with Crippen molar-refractivity contribution in [1.29, 1.82) is 0 Å².